The van der Waals surface area contributed by atoms with E-state index in [2.05, 4.69) is 4.98 Å². The number of hydrogen-bond donors (Lipinski definition) is 0. The summed E-state index contributed by atoms with van der Waals surface area (Å²) in [5.41, 5.74) is 1.96. The highest BCUT2D eigenvalue weighted by atomic mass is 32.1. The number of likely N-dealkylation sites (N-methyl/N-ethyl adjacent to an activating group) is 1. The van der Waals surface area contributed by atoms with Gasteiger partial charge < -0.3 is 9.64 Å². The molecular formula is C17H19N3O2S. The quantitative estimate of drug-likeness (QED) is 0.699. The molecule has 0 bridgehead atoms. The fourth-order valence-corrected chi connectivity index (χ4v) is 3.00. The molecule has 3 aromatic rings. The minimum absolute atomic E-state index is 0.0450. The van der Waals surface area contributed by atoms with Crippen molar-refractivity contribution in [1.82, 2.24) is 14.3 Å². The molecule has 3 rings (SSSR count). The molecule has 0 N–H and O–H groups in total. The zero-order valence-electron chi connectivity index (χ0n) is 13.2. The standard InChI is InChI=1S/C17H19N3O2S/c1-13-4-3-5-15(10-13)22-8-6-19(2)16(21)11-14-12-20-7-9-23-17(20)18-14/h3-5,7,9-10,12H,6,8,11H2,1-2H3. The Labute approximate surface area is 139 Å². The zero-order valence-corrected chi connectivity index (χ0v) is 14.0. The Morgan fingerprint density at radius 3 is 3.09 bits per heavy atom. The Bertz CT molecular complexity index is 780. The molecule has 0 aliphatic heterocycles. The van der Waals surface area contributed by atoms with E-state index in [4.69, 9.17) is 4.74 Å². The Balaban J connectivity index is 1.48. The smallest absolute Gasteiger partial charge is 0.228 e. The first-order valence-corrected chi connectivity index (χ1v) is 8.34. The van der Waals surface area contributed by atoms with Crippen LogP contribution in [0.4, 0.5) is 0 Å². The molecule has 0 radical (unpaired) electrons. The van der Waals surface area contributed by atoms with E-state index in [0.717, 1.165) is 22.0 Å². The largest absolute Gasteiger partial charge is 0.492 e. The van der Waals surface area contributed by atoms with Gasteiger partial charge in [-0.25, -0.2) is 4.98 Å². The molecule has 120 valence electrons. The fraction of sp³-hybridized carbons (Fsp3) is 0.294. The Morgan fingerprint density at radius 2 is 2.30 bits per heavy atom. The third-order valence-corrected chi connectivity index (χ3v) is 4.36. The van der Waals surface area contributed by atoms with Crippen molar-refractivity contribution >= 4 is 22.2 Å². The van der Waals surface area contributed by atoms with Crippen molar-refractivity contribution in [1.29, 1.82) is 0 Å². The van der Waals surface area contributed by atoms with Crippen LogP contribution in [0.5, 0.6) is 5.75 Å². The Morgan fingerprint density at radius 1 is 1.43 bits per heavy atom. The van der Waals surface area contributed by atoms with E-state index in [1.165, 1.54) is 0 Å². The molecule has 0 saturated carbocycles. The molecule has 0 spiro atoms. The van der Waals surface area contributed by atoms with Crippen molar-refractivity contribution in [2.45, 2.75) is 13.3 Å². The number of fused-ring (bicyclic) bond motifs is 1. The van der Waals surface area contributed by atoms with E-state index in [1.54, 1.807) is 23.3 Å². The Kier molecular flexibility index (Phi) is 4.62. The molecule has 0 aliphatic carbocycles. The summed E-state index contributed by atoms with van der Waals surface area (Å²) in [6, 6.07) is 7.90. The molecule has 0 aliphatic rings. The van der Waals surface area contributed by atoms with E-state index in [-0.39, 0.29) is 5.91 Å². The summed E-state index contributed by atoms with van der Waals surface area (Å²) in [4.78, 5) is 19.3. The summed E-state index contributed by atoms with van der Waals surface area (Å²) >= 11 is 1.56. The first-order chi connectivity index (χ1) is 11.1. The zero-order chi connectivity index (χ0) is 16.2. The summed E-state index contributed by atoms with van der Waals surface area (Å²) < 4.78 is 7.62. The van der Waals surface area contributed by atoms with Crippen LogP contribution < -0.4 is 4.74 Å². The molecule has 23 heavy (non-hydrogen) atoms. The lowest BCUT2D eigenvalue weighted by Crippen LogP contribution is -2.32. The third kappa shape index (κ3) is 3.90. The molecule has 6 heteroatoms. The topological polar surface area (TPSA) is 46.8 Å². The maximum Gasteiger partial charge on any atom is 0.228 e. The van der Waals surface area contributed by atoms with Crippen LogP contribution in [0.15, 0.2) is 42.0 Å². The first-order valence-electron chi connectivity index (χ1n) is 7.46. The molecule has 1 amide bonds. The van der Waals surface area contributed by atoms with Crippen LogP contribution in [0.2, 0.25) is 0 Å². The number of hydrogen-bond acceptors (Lipinski definition) is 4. The van der Waals surface area contributed by atoms with Crippen LogP contribution in [-0.4, -0.2) is 40.4 Å². The number of benzene rings is 1. The average Bonchev–Trinajstić information content (AvgIpc) is 3.08. The van der Waals surface area contributed by atoms with Crippen molar-refractivity contribution < 1.29 is 9.53 Å². The van der Waals surface area contributed by atoms with E-state index >= 15 is 0 Å². The number of rotatable bonds is 6. The van der Waals surface area contributed by atoms with E-state index in [1.807, 2.05) is 53.4 Å². The summed E-state index contributed by atoms with van der Waals surface area (Å²) in [5, 5.41) is 1.97. The van der Waals surface area contributed by atoms with Gasteiger partial charge in [0.05, 0.1) is 18.7 Å². The van der Waals surface area contributed by atoms with Gasteiger partial charge in [0.25, 0.3) is 0 Å². The summed E-state index contributed by atoms with van der Waals surface area (Å²) in [6.45, 7) is 3.05. The highest BCUT2D eigenvalue weighted by Crippen LogP contribution is 2.13. The normalized spacial score (nSPS) is 10.9. The predicted molar refractivity (Wildman–Crippen MR) is 91.1 cm³/mol. The van der Waals surface area contributed by atoms with Crippen molar-refractivity contribution in [2.75, 3.05) is 20.2 Å². The predicted octanol–water partition coefficient (Wildman–Crippen LogP) is 2.78. The number of thiazole rings is 1. The van der Waals surface area contributed by atoms with Crippen molar-refractivity contribution in [3.8, 4) is 5.75 Å². The molecule has 0 saturated heterocycles. The highest BCUT2D eigenvalue weighted by Gasteiger charge is 2.12. The molecule has 0 atom stereocenters. The monoisotopic (exact) mass is 329 g/mol. The average molecular weight is 329 g/mol. The number of carbonyl (C=O) groups is 1. The minimum Gasteiger partial charge on any atom is -0.492 e. The number of imidazole rings is 1. The molecule has 5 nitrogen and oxygen atoms in total. The summed E-state index contributed by atoms with van der Waals surface area (Å²) in [5.74, 6) is 0.879. The van der Waals surface area contributed by atoms with E-state index in [9.17, 15) is 4.79 Å². The van der Waals surface area contributed by atoms with Crippen LogP contribution in [0.3, 0.4) is 0 Å². The second kappa shape index (κ2) is 6.83. The third-order valence-electron chi connectivity index (χ3n) is 3.59. The SMILES string of the molecule is Cc1cccc(OCCN(C)C(=O)Cc2cn3ccsc3n2)c1. The second-order valence-electron chi connectivity index (χ2n) is 5.48. The van der Waals surface area contributed by atoms with Gasteiger partial charge in [-0.05, 0) is 24.6 Å². The van der Waals surface area contributed by atoms with Crippen LogP contribution in [0.1, 0.15) is 11.3 Å². The van der Waals surface area contributed by atoms with Crippen LogP contribution in [0, 0.1) is 6.92 Å². The molecule has 1 aromatic carbocycles. The van der Waals surface area contributed by atoms with Gasteiger partial charge >= 0.3 is 0 Å². The van der Waals surface area contributed by atoms with Crippen molar-refractivity contribution in [2.24, 2.45) is 0 Å². The van der Waals surface area contributed by atoms with Gasteiger partial charge in [-0.1, -0.05) is 12.1 Å². The minimum atomic E-state index is 0.0450. The van der Waals surface area contributed by atoms with Crippen LogP contribution in [0.25, 0.3) is 4.96 Å². The molecule has 0 fully saturated rings. The lowest BCUT2D eigenvalue weighted by atomic mass is 10.2. The number of amides is 1. The van der Waals surface area contributed by atoms with Gasteiger partial charge in [0.2, 0.25) is 5.91 Å². The van der Waals surface area contributed by atoms with Crippen molar-refractivity contribution in [3.05, 3.63) is 53.3 Å². The highest BCUT2D eigenvalue weighted by molar-refractivity contribution is 7.15. The summed E-state index contributed by atoms with van der Waals surface area (Å²) in [6.07, 6.45) is 4.16. The lowest BCUT2D eigenvalue weighted by molar-refractivity contribution is -0.129. The maximum absolute atomic E-state index is 12.2. The number of nitrogens with zero attached hydrogens (tertiary/aromatic N) is 3. The number of aryl methyl sites for hydroxylation is 1. The molecule has 2 aromatic heterocycles. The second-order valence-corrected chi connectivity index (χ2v) is 6.36. The van der Waals surface area contributed by atoms with Crippen LogP contribution >= 0.6 is 11.3 Å². The Hall–Kier alpha value is -2.34. The maximum atomic E-state index is 12.2. The number of aromatic nitrogens is 2. The fourth-order valence-electron chi connectivity index (χ4n) is 2.28. The van der Waals surface area contributed by atoms with Gasteiger partial charge in [0.15, 0.2) is 4.96 Å². The summed E-state index contributed by atoms with van der Waals surface area (Å²) in [7, 11) is 1.79. The van der Waals surface area contributed by atoms with Crippen molar-refractivity contribution in [3.63, 3.8) is 0 Å². The molecule has 0 unspecified atom stereocenters. The lowest BCUT2D eigenvalue weighted by Gasteiger charge is -2.17. The van der Waals surface area contributed by atoms with Gasteiger partial charge in [-0.2, -0.15) is 0 Å². The van der Waals surface area contributed by atoms with Gasteiger partial charge in [0, 0.05) is 24.8 Å². The number of ether oxygens (including phenoxy) is 1. The molecule has 2 heterocycles. The van der Waals surface area contributed by atoms with Gasteiger partial charge in [-0.15, -0.1) is 11.3 Å². The first kappa shape index (κ1) is 15.6. The molecular weight excluding hydrogens is 310 g/mol. The van der Waals surface area contributed by atoms with Gasteiger partial charge in [-0.3, -0.25) is 9.20 Å². The number of carbonyl (C=O) groups excluding carboxylic acids is 1. The van der Waals surface area contributed by atoms with E-state index < -0.39 is 0 Å². The van der Waals surface area contributed by atoms with Gasteiger partial charge in [0.1, 0.15) is 12.4 Å². The van der Waals surface area contributed by atoms with E-state index in [0.29, 0.717) is 19.6 Å². The van der Waals surface area contributed by atoms with Crippen LogP contribution in [-0.2, 0) is 11.2 Å².